The predicted molar refractivity (Wildman–Crippen MR) is 94.7 cm³/mol. The summed E-state index contributed by atoms with van der Waals surface area (Å²) in [5.74, 6) is 1.54. The smallest absolute Gasteiger partial charge is 0.191 e. The van der Waals surface area contributed by atoms with Crippen molar-refractivity contribution in [2.24, 2.45) is 10.9 Å². The number of nitrogens with one attached hydrogen (secondary N) is 2. The fourth-order valence-electron chi connectivity index (χ4n) is 2.79. The number of hydrogen-bond donors (Lipinski definition) is 2. The maximum atomic E-state index is 4.39. The van der Waals surface area contributed by atoms with Crippen molar-refractivity contribution in [2.45, 2.75) is 46.2 Å². The summed E-state index contributed by atoms with van der Waals surface area (Å²) in [6.07, 6.45) is 2.88. The minimum atomic E-state index is 0.468. The van der Waals surface area contributed by atoms with Gasteiger partial charge in [0, 0.05) is 56.3 Å². The molecule has 1 aromatic heterocycles. The van der Waals surface area contributed by atoms with Crippen molar-refractivity contribution in [1.82, 2.24) is 20.5 Å². The SMILES string of the molecule is CN=C(NCCc1ncc(C)s1)NC1CN(C(C)C)CC1C. The minimum Gasteiger partial charge on any atom is -0.356 e. The molecule has 0 aromatic carbocycles. The monoisotopic (exact) mass is 323 g/mol. The topological polar surface area (TPSA) is 52.6 Å². The summed E-state index contributed by atoms with van der Waals surface area (Å²) in [5, 5.41) is 8.16. The summed E-state index contributed by atoms with van der Waals surface area (Å²) in [6, 6.07) is 1.08. The Morgan fingerprint density at radius 3 is 2.82 bits per heavy atom. The molecule has 0 bridgehead atoms. The largest absolute Gasteiger partial charge is 0.356 e. The van der Waals surface area contributed by atoms with E-state index in [0.29, 0.717) is 18.0 Å². The molecule has 124 valence electrons. The van der Waals surface area contributed by atoms with Crippen molar-refractivity contribution in [2.75, 3.05) is 26.7 Å². The van der Waals surface area contributed by atoms with Gasteiger partial charge in [0.2, 0.25) is 0 Å². The van der Waals surface area contributed by atoms with Gasteiger partial charge in [0.05, 0.1) is 5.01 Å². The van der Waals surface area contributed by atoms with Gasteiger partial charge in [-0.2, -0.15) is 0 Å². The Hall–Kier alpha value is -1.14. The third kappa shape index (κ3) is 4.68. The summed E-state index contributed by atoms with van der Waals surface area (Å²) in [5.41, 5.74) is 0. The molecule has 1 aliphatic heterocycles. The average Bonchev–Trinajstić information content (AvgIpc) is 3.04. The van der Waals surface area contributed by atoms with Gasteiger partial charge in [-0.15, -0.1) is 11.3 Å². The molecule has 2 unspecified atom stereocenters. The Balaban J connectivity index is 1.77. The molecule has 0 aliphatic carbocycles. The molecule has 2 heterocycles. The van der Waals surface area contributed by atoms with Crippen LogP contribution in [-0.4, -0.2) is 54.6 Å². The van der Waals surface area contributed by atoms with Crippen LogP contribution in [0, 0.1) is 12.8 Å². The Morgan fingerprint density at radius 2 is 2.27 bits per heavy atom. The van der Waals surface area contributed by atoms with Crippen LogP contribution in [0.15, 0.2) is 11.2 Å². The summed E-state index contributed by atoms with van der Waals surface area (Å²) in [7, 11) is 1.84. The molecular weight excluding hydrogens is 294 g/mol. The Kier molecular flexibility index (Phi) is 6.20. The highest BCUT2D eigenvalue weighted by molar-refractivity contribution is 7.11. The summed E-state index contributed by atoms with van der Waals surface area (Å²) >= 11 is 1.77. The van der Waals surface area contributed by atoms with Gasteiger partial charge in [0.15, 0.2) is 5.96 Å². The van der Waals surface area contributed by atoms with Gasteiger partial charge in [-0.1, -0.05) is 6.92 Å². The lowest BCUT2D eigenvalue weighted by Gasteiger charge is -2.21. The molecule has 2 N–H and O–H groups in total. The van der Waals surface area contributed by atoms with Crippen molar-refractivity contribution in [3.8, 4) is 0 Å². The molecular formula is C16H29N5S. The zero-order valence-electron chi connectivity index (χ0n) is 14.4. The summed E-state index contributed by atoms with van der Waals surface area (Å²) < 4.78 is 0. The first-order valence-electron chi connectivity index (χ1n) is 8.12. The fourth-order valence-corrected chi connectivity index (χ4v) is 3.58. The third-order valence-electron chi connectivity index (χ3n) is 4.22. The second kappa shape index (κ2) is 7.92. The number of nitrogens with zero attached hydrogens (tertiary/aromatic N) is 3. The lowest BCUT2D eigenvalue weighted by Crippen LogP contribution is -2.47. The molecule has 5 nitrogen and oxygen atoms in total. The standard InChI is InChI=1S/C16H29N5S/c1-11(2)21-9-12(3)14(10-21)20-16(17-5)18-7-6-15-19-8-13(4)22-15/h8,11-12,14H,6-7,9-10H2,1-5H3,(H2,17,18,20). The van der Waals surface area contributed by atoms with Crippen molar-refractivity contribution in [1.29, 1.82) is 0 Å². The van der Waals surface area contributed by atoms with Crippen molar-refractivity contribution >= 4 is 17.3 Å². The van der Waals surface area contributed by atoms with Crippen LogP contribution in [0.2, 0.25) is 0 Å². The highest BCUT2D eigenvalue weighted by Crippen LogP contribution is 2.18. The van der Waals surface area contributed by atoms with Gasteiger partial charge in [-0.3, -0.25) is 9.89 Å². The average molecular weight is 324 g/mol. The maximum Gasteiger partial charge on any atom is 0.191 e. The van der Waals surface area contributed by atoms with Crippen LogP contribution in [0.5, 0.6) is 0 Å². The lowest BCUT2D eigenvalue weighted by atomic mass is 10.1. The number of hydrogen-bond acceptors (Lipinski definition) is 4. The number of aryl methyl sites for hydroxylation is 1. The molecule has 1 aliphatic rings. The van der Waals surface area contributed by atoms with E-state index in [4.69, 9.17) is 0 Å². The molecule has 2 rings (SSSR count). The van der Waals surface area contributed by atoms with Crippen LogP contribution in [0.1, 0.15) is 30.7 Å². The van der Waals surface area contributed by atoms with E-state index in [-0.39, 0.29) is 0 Å². The molecule has 1 saturated heterocycles. The minimum absolute atomic E-state index is 0.468. The van der Waals surface area contributed by atoms with E-state index in [9.17, 15) is 0 Å². The number of aliphatic imine (C=N–C) groups is 1. The highest BCUT2D eigenvalue weighted by atomic mass is 32.1. The first kappa shape index (κ1) is 17.2. The van der Waals surface area contributed by atoms with Crippen LogP contribution < -0.4 is 10.6 Å². The first-order valence-corrected chi connectivity index (χ1v) is 8.93. The van der Waals surface area contributed by atoms with Gasteiger partial charge in [-0.25, -0.2) is 4.98 Å². The van der Waals surface area contributed by atoms with Crippen LogP contribution in [0.25, 0.3) is 0 Å². The third-order valence-corrected chi connectivity index (χ3v) is 5.19. The van der Waals surface area contributed by atoms with Gasteiger partial charge in [0.25, 0.3) is 0 Å². The number of aromatic nitrogens is 1. The van der Waals surface area contributed by atoms with Gasteiger partial charge >= 0.3 is 0 Å². The molecule has 6 heteroatoms. The molecule has 2 atom stereocenters. The van der Waals surface area contributed by atoms with Crippen LogP contribution in [-0.2, 0) is 6.42 Å². The lowest BCUT2D eigenvalue weighted by molar-refractivity contribution is 0.265. The van der Waals surface area contributed by atoms with Gasteiger partial charge in [-0.05, 0) is 26.7 Å². The molecule has 0 amide bonds. The molecule has 22 heavy (non-hydrogen) atoms. The summed E-state index contributed by atoms with van der Waals surface area (Å²) in [6.45, 7) is 12.0. The van der Waals surface area contributed by atoms with E-state index in [1.165, 1.54) is 9.88 Å². The second-order valence-electron chi connectivity index (χ2n) is 6.39. The molecule has 0 saturated carbocycles. The van der Waals surface area contributed by atoms with E-state index in [1.807, 2.05) is 13.2 Å². The Bertz CT molecular complexity index is 496. The zero-order valence-corrected chi connectivity index (χ0v) is 15.2. The van der Waals surface area contributed by atoms with E-state index in [1.54, 1.807) is 11.3 Å². The number of guanidine groups is 1. The maximum absolute atomic E-state index is 4.39. The molecule has 0 radical (unpaired) electrons. The van der Waals surface area contributed by atoms with Crippen LogP contribution in [0.4, 0.5) is 0 Å². The van der Waals surface area contributed by atoms with E-state index in [2.05, 4.69) is 53.2 Å². The van der Waals surface area contributed by atoms with Gasteiger partial charge in [0.1, 0.15) is 0 Å². The zero-order chi connectivity index (χ0) is 16.1. The first-order chi connectivity index (χ1) is 10.5. The molecule has 0 spiro atoms. The van der Waals surface area contributed by atoms with Crippen molar-refractivity contribution < 1.29 is 0 Å². The number of thiazole rings is 1. The molecule has 1 fully saturated rings. The normalized spacial score (nSPS) is 23.3. The second-order valence-corrected chi connectivity index (χ2v) is 7.71. The highest BCUT2D eigenvalue weighted by Gasteiger charge is 2.31. The Labute approximate surface area is 138 Å². The Morgan fingerprint density at radius 1 is 1.50 bits per heavy atom. The fraction of sp³-hybridized carbons (Fsp3) is 0.750. The number of likely N-dealkylation sites (tertiary alicyclic amines) is 1. The molecule has 1 aromatic rings. The summed E-state index contributed by atoms with van der Waals surface area (Å²) in [4.78, 5) is 12.5. The quantitative estimate of drug-likeness (QED) is 0.642. The predicted octanol–water partition coefficient (Wildman–Crippen LogP) is 1.89. The van der Waals surface area contributed by atoms with Crippen LogP contribution in [0.3, 0.4) is 0 Å². The van der Waals surface area contributed by atoms with Crippen molar-refractivity contribution in [3.63, 3.8) is 0 Å². The van der Waals surface area contributed by atoms with E-state index in [0.717, 1.165) is 32.0 Å². The van der Waals surface area contributed by atoms with Crippen molar-refractivity contribution in [3.05, 3.63) is 16.1 Å². The van der Waals surface area contributed by atoms with Crippen LogP contribution >= 0.6 is 11.3 Å². The van der Waals surface area contributed by atoms with Gasteiger partial charge < -0.3 is 10.6 Å². The van der Waals surface area contributed by atoms with E-state index < -0.39 is 0 Å². The van der Waals surface area contributed by atoms with E-state index >= 15 is 0 Å². The number of rotatable bonds is 5.